The molecule has 0 saturated carbocycles. The van der Waals surface area contributed by atoms with E-state index in [-0.39, 0.29) is 35.9 Å². The molecule has 0 aromatic heterocycles. The third-order valence-corrected chi connectivity index (χ3v) is 4.09. The van der Waals surface area contributed by atoms with Gasteiger partial charge in [-0.1, -0.05) is 42.5 Å². The van der Waals surface area contributed by atoms with Gasteiger partial charge in [-0.3, -0.25) is 4.55 Å². The summed E-state index contributed by atoms with van der Waals surface area (Å²) in [7, 11) is -4.28. The Bertz CT molecular complexity index is 896. The van der Waals surface area contributed by atoms with Crippen LogP contribution in [0.2, 0.25) is 0 Å². The van der Waals surface area contributed by atoms with Crippen molar-refractivity contribution in [3.8, 4) is 0 Å². The summed E-state index contributed by atoms with van der Waals surface area (Å²) in [4.78, 5) is -0.0981. The van der Waals surface area contributed by atoms with Gasteiger partial charge in [-0.05, 0) is 29.7 Å². The van der Waals surface area contributed by atoms with Crippen molar-refractivity contribution in [1.29, 1.82) is 0 Å². The molecule has 0 heterocycles. The van der Waals surface area contributed by atoms with Crippen molar-refractivity contribution in [2.24, 2.45) is 0 Å². The van der Waals surface area contributed by atoms with Crippen LogP contribution in [0.3, 0.4) is 0 Å². The normalized spacial score (nSPS) is 11.0. The van der Waals surface area contributed by atoms with E-state index in [9.17, 15) is 13.0 Å². The van der Waals surface area contributed by atoms with Crippen molar-refractivity contribution in [3.05, 3.63) is 66.7 Å². The van der Waals surface area contributed by atoms with E-state index in [1.807, 2.05) is 36.4 Å². The van der Waals surface area contributed by atoms with Crippen molar-refractivity contribution < 1.29 is 44.0 Å². The third kappa shape index (κ3) is 3.51. The molecule has 0 aliphatic carbocycles. The van der Waals surface area contributed by atoms with Gasteiger partial charge in [0.15, 0.2) is 0 Å². The number of nitrogens with one attached hydrogen (secondary N) is 1. The average Bonchev–Trinajstić information content (AvgIpc) is 2.47. The molecule has 3 aromatic rings. The minimum absolute atomic E-state index is 0. The quantitative estimate of drug-likeness (QED) is 0.556. The van der Waals surface area contributed by atoms with Crippen LogP contribution in [0.15, 0.2) is 71.6 Å². The van der Waals surface area contributed by atoms with Crippen LogP contribution >= 0.6 is 0 Å². The maximum atomic E-state index is 11.6. The number of para-hydroxylation sites is 1. The SMILES string of the molecule is O=S(=O)(O)c1cccc2cccc(Nc3ccccc3)c12.[H-].[Na+]. The van der Waals surface area contributed by atoms with Gasteiger partial charge in [0.05, 0.1) is 0 Å². The van der Waals surface area contributed by atoms with Gasteiger partial charge in [0.2, 0.25) is 0 Å². The molecule has 0 spiro atoms. The summed E-state index contributed by atoms with van der Waals surface area (Å²) in [6, 6.07) is 19.7. The van der Waals surface area contributed by atoms with Crippen molar-refractivity contribution in [2.45, 2.75) is 4.90 Å². The van der Waals surface area contributed by atoms with Crippen LogP contribution in [-0.2, 0) is 10.1 Å². The first-order valence-electron chi connectivity index (χ1n) is 6.37. The first-order chi connectivity index (χ1) is 10.1. The van der Waals surface area contributed by atoms with E-state index in [1.54, 1.807) is 24.3 Å². The number of anilines is 2. The molecule has 0 amide bonds. The van der Waals surface area contributed by atoms with Crippen LogP contribution in [-0.4, -0.2) is 13.0 Å². The minimum atomic E-state index is -4.28. The van der Waals surface area contributed by atoms with Crippen molar-refractivity contribution in [3.63, 3.8) is 0 Å². The fourth-order valence-electron chi connectivity index (χ4n) is 2.30. The molecular formula is C16H14NNaO3S. The smallest absolute Gasteiger partial charge is 1.00 e. The van der Waals surface area contributed by atoms with Gasteiger partial charge in [-0.25, -0.2) is 0 Å². The zero-order chi connectivity index (χ0) is 14.9. The third-order valence-electron chi connectivity index (χ3n) is 3.20. The molecule has 0 atom stereocenters. The fraction of sp³-hybridized carbons (Fsp3) is 0. The summed E-state index contributed by atoms with van der Waals surface area (Å²) < 4.78 is 32.6. The topological polar surface area (TPSA) is 66.4 Å². The van der Waals surface area contributed by atoms with Crippen LogP contribution in [0.4, 0.5) is 11.4 Å². The van der Waals surface area contributed by atoms with E-state index in [4.69, 9.17) is 0 Å². The molecule has 3 rings (SSSR count). The average molecular weight is 323 g/mol. The number of fused-ring (bicyclic) bond motifs is 1. The summed E-state index contributed by atoms with van der Waals surface area (Å²) in [5.74, 6) is 0. The minimum Gasteiger partial charge on any atom is -1.00 e. The van der Waals surface area contributed by atoms with Gasteiger partial charge < -0.3 is 6.74 Å². The standard InChI is InChI=1S/C16H13NO3S.Na.H/c18-21(19,20)15-11-5-7-12-6-4-10-14(16(12)15)17-13-8-2-1-3-9-13;;/h1-11,17H,(H,18,19,20);;/q;+1;-1. The predicted octanol–water partition coefficient (Wildman–Crippen LogP) is 0.947. The largest absolute Gasteiger partial charge is 1.00 e. The van der Waals surface area contributed by atoms with Crippen LogP contribution in [0, 0.1) is 0 Å². The Morgan fingerprint density at radius 3 is 2.14 bits per heavy atom. The number of hydrogen-bond acceptors (Lipinski definition) is 3. The molecule has 0 aliphatic rings. The predicted molar refractivity (Wildman–Crippen MR) is 84.6 cm³/mol. The molecule has 3 aromatic carbocycles. The Balaban J connectivity index is 0.00000132. The van der Waals surface area contributed by atoms with E-state index in [2.05, 4.69) is 5.32 Å². The Morgan fingerprint density at radius 2 is 1.50 bits per heavy atom. The van der Waals surface area contributed by atoms with Crippen LogP contribution < -0.4 is 34.9 Å². The monoisotopic (exact) mass is 323 g/mol. The van der Waals surface area contributed by atoms with E-state index < -0.39 is 10.1 Å². The zero-order valence-electron chi connectivity index (χ0n) is 13.0. The molecule has 0 bridgehead atoms. The summed E-state index contributed by atoms with van der Waals surface area (Å²) in [5, 5.41) is 4.40. The van der Waals surface area contributed by atoms with Gasteiger partial charge in [0.1, 0.15) is 4.90 Å². The molecule has 0 aliphatic heterocycles. The van der Waals surface area contributed by atoms with E-state index in [0.717, 1.165) is 11.1 Å². The van der Waals surface area contributed by atoms with E-state index >= 15 is 0 Å². The molecule has 0 fully saturated rings. The molecule has 2 N–H and O–H groups in total. The first-order valence-corrected chi connectivity index (χ1v) is 7.81. The number of benzene rings is 3. The summed E-state index contributed by atoms with van der Waals surface area (Å²) in [6.45, 7) is 0. The van der Waals surface area contributed by atoms with Crippen LogP contribution in [0.1, 0.15) is 1.43 Å². The number of hydrogen-bond donors (Lipinski definition) is 2. The Kier molecular flexibility index (Phi) is 5.26. The van der Waals surface area contributed by atoms with Crippen molar-refractivity contribution in [1.82, 2.24) is 0 Å². The summed E-state index contributed by atoms with van der Waals surface area (Å²) in [5.41, 5.74) is 1.47. The van der Waals surface area contributed by atoms with Crippen LogP contribution in [0.25, 0.3) is 10.8 Å². The van der Waals surface area contributed by atoms with Crippen LogP contribution in [0.5, 0.6) is 0 Å². The maximum absolute atomic E-state index is 11.6. The van der Waals surface area contributed by atoms with Crippen molar-refractivity contribution in [2.75, 3.05) is 5.32 Å². The molecule has 0 radical (unpaired) electrons. The van der Waals surface area contributed by atoms with E-state index in [0.29, 0.717) is 11.1 Å². The molecular weight excluding hydrogens is 309 g/mol. The second kappa shape index (κ2) is 6.81. The molecule has 6 heteroatoms. The van der Waals surface area contributed by atoms with Gasteiger partial charge >= 0.3 is 29.6 Å². The first kappa shape index (κ1) is 17.0. The summed E-state index contributed by atoms with van der Waals surface area (Å²) in [6.07, 6.45) is 0. The molecule has 0 saturated heterocycles. The fourth-order valence-corrected chi connectivity index (χ4v) is 3.04. The van der Waals surface area contributed by atoms with Crippen molar-refractivity contribution >= 4 is 32.3 Å². The second-order valence-corrected chi connectivity index (χ2v) is 6.02. The van der Waals surface area contributed by atoms with Gasteiger partial charge in [0, 0.05) is 16.8 Å². The van der Waals surface area contributed by atoms with E-state index in [1.165, 1.54) is 6.07 Å². The maximum Gasteiger partial charge on any atom is 1.00 e. The Morgan fingerprint density at radius 1 is 0.864 bits per heavy atom. The molecule has 4 nitrogen and oxygen atoms in total. The zero-order valence-corrected chi connectivity index (χ0v) is 14.8. The van der Waals surface area contributed by atoms with Gasteiger partial charge in [-0.15, -0.1) is 0 Å². The Labute approximate surface area is 152 Å². The van der Waals surface area contributed by atoms with Gasteiger partial charge in [0.25, 0.3) is 10.1 Å². The second-order valence-electron chi connectivity index (χ2n) is 4.63. The van der Waals surface area contributed by atoms with Gasteiger partial charge in [-0.2, -0.15) is 8.42 Å². The molecule has 22 heavy (non-hydrogen) atoms. The summed E-state index contributed by atoms with van der Waals surface area (Å²) >= 11 is 0. The molecule has 108 valence electrons. The molecule has 0 unspecified atom stereocenters. The Hall–Kier alpha value is -1.37. The number of rotatable bonds is 3.